The van der Waals surface area contributed by atoms with Gasteiger partial charge in [0.1, 0.15) is 12.1 Å². The molecule has 1 aliphatic rings. The standard InChI is InChI=1S/C18H19N5O/c1-2-10-24-15-8-9-22(12-15)17-11-16(14-6-4-3-5-7-14)21-18-19-13-20-23(17)18/h2-7,11,13,15H,1,8-10,12H2. The van der Waals surface area contributed by atoms with Crippen LogP contribution in [0, 0.1) is 0 Å². The Morgan fingerprint density at radius 3 is 3.00 bits per heavy atom. The van der Waals surface area contributed by atoms with Crippen LogP contribution in [0.2, 0.25) is 0 Å². The molecule has 0 spiro atoms. The fourth-order valence-electron chi connectivity index (χ4n) is 3.06. The summed E-state index contributed by atoms with van der Waals surface area (Å²) in [5.41, 5.74) is 1.98. The zero-order chi connectivity index (χ0) is 16.4. The molecule has 1 atom stereocenters. The van der Waals surface area contributed by atoms with Crippen molar-refractivity contribution in [1.82, 2.24) is 19.6 Å². The van der Waals surface area contributed by atoms with Gasteiger partial charge in [0.15, 0.2) is 0 Å². The highest BCUT2D eigenvalue weighted by atomic mass is 16.5. The van der Waals surface area contributed by atoms with Gasteiger partial charge in [0.05, 0.1) is 18.4 Å². The molecular formula is C18H19N5O. The SMILES string of the molecule is C=CCOC1CCN(c2cc(-c3ccccc3)nc3ncnn23)C1. The van der Waals surface area contributed by atoms with E-state index in [-0.39, 0.29) is 6.10 Å². The second-order valence-electron chi connectivity index (χ2n) is 5.82. The zero-order valence-electron chi connectivity index (χ0n) is 13.4. The van der Waals surface area contributed by atoms with Crippen LogP contribution in [-0.4, -0.2) is 45.4 Å². The van der Waals surface area contributed by atoms with Gasteiger partial charge in [-0.15, -0.1) is 6.58 Å². The molecule has 3 heterocycles. The highest BCUT2D eigenvalue weighted by Gasteiger charge is 2.25. The number of nitrogens with zero attached hydrogens (tertiary/aromatic N) is 5. The van der Waals surface area contributed by atoms with Crippen LogP contribution in [0.3, 0.4) is 0 Å². The lowest BCUT2D eigenvalue weighted by molar-refractivity contribution is 0.0908. The summed E-state index contributed by atoms with van der Waals surface area (Å²) in [4.78, 5) is 11.2. The van der Waals surface area contributed by atoms with E-state index >= 15 is 0 Å². The van der Waals surface area contributed by atoms with Crippen molar-refractivity contribution in [2.75, 3.05) is 24.6 Å². The molecule has 1 unspecified atom stereocenters. The van der Waals surface area contributed by atoms with Gasteiger partial charge in [-0.1, -0.05) is 36.4 Å². The van der Waals surface area contributed by atoms with Crippen molar-refractivity contribution in [3.05, 3.63) is 55.4 Å². The fraction of sp³-hybridized carbons (Fsp3) is 0.278. The van der Waals surface area contributed by atoms with E-state index in [0.29, 0.717) is 12.4 Å². The molecule has 0 bridgehead atoms. The van der Waals surface area contributed by atoms with Crippen LogP contribution in [0.15, 0.2) is 55.4 Å². The lowest BCUT2D eigenvalue weighted by Gasteiger charge is -2.20. The summed E-state index contributed by atoms with van der Waals surface area (Å²) in [6, 6.07) is 12.2. The molecule has 122 valence electrons. The topological polar surface area (TPSA) is 55.5 Å². The Kier molecular flexibility index (Phi) is 3.96. The van der Waals surface area contributed by atoms with Gasteiger partial charge >= 0.3 is 0 Å². The highest BCUT2D eigenvalue weighted by Crippen LogP contribution is 2.26. The summed E-state index contributed by atoms with van der Waals surface area (Å²) < 4.78 is 7.59. The maximum atomic E-state index is 5.79. The Morgan fingerprint density at radius 1 is 1.29 bits per heavy atom. The monoisotopic (exact) mass is 321 g/mol. The number of ether oxygens (including phenoxy) is 1. The van der Waals surface area contributed by atoms with E-state index in [1.807, 2.05) is 18.2 Å². The van der Waals surface area contributed by atoms with Gasteiger partial charge in [-0.05, 0) is 6.42 Å². The summed E-state index contributed by atoms with van der Waals surface area (Å²) in [6.45, 7) is 6.05. The predicted molar refractivity (Wildman–Crippen MR) is 93.0 cm³/mol. The Hall–Kier alpha value is -2.73. The molecule has 1 aliphatic heterocycles. The number of benzene rings is 1. The third-order valence-corrected chi connectivity index (χ3v) is 4.22. The molecule has 0 saturated carbocycles. The predicted octanol–water partition coefficient (Wildman–Crippen LogP) is 2.57. The van der Waals surface area contributed by atoms with Crippen molar-refractivity contribution in [2.24, 2.45) is 0 Å². The third kappa shape index (κ3) is 2.76. The minimum absolute atomic E-state index is 0.218. The van der Waals surface area contributed by atoms with E-state index in [1.54, 1.807) is 16.9 Å². The van der Waals surface area contributed by atoms with Gasteiger partial charge in [0.25, 0.3) is 5.78 Å². The number of anilines is 1. The van der Waals surface area contributed by atoms with Crippen LogP contribution in [0.25, 0.3) is 17.0 Å². The largest absolute Gasteiger partial charge is 0.372 e. The first-order valence-electron chi connectivity index (χ1n) is 8.09. The van der Waals surface area contributed by atoms with Crippen molar-refractivity contribution in [1.29, 1.82) is 0 Å². The summed E-state index contributed by atoms with van der Waals surface area (Å²) in [5.74, 6) is 1.61. The van der Waals surface area contributed by atoms with Crippen LogP contribution in [0.5, 0.6) is 0 Å². The molecule has 4 rings (SSSR count). The third-order valence-electron chi connectivity index (χ3n) is 4.22. The van der Waals surface area contributed by atoms with Gasteiger partial charge in [-0.3, -0.25) is 0 Å². The summed E-state index contributed by atoms with van der Waals surface area (Å²) >= 11 is 0. The smallest absolute Gasteiger partial charge is 0.254 e. The minimum atomic E-state index is 0.218. The van der Waals surface area contributed by atoms with E-state index in [1.165, 1.54) is 0 Å². The summed E-state index contributed by atoms with van der Waals surface area (Å²) in [6.07, 6.45) is 4.54. The van der Waals surface area contributed by atoms with Crippen molar-refractivity contribution in [3.8, 4) is 11.3 Å². The van der Waals surface area contributed by atoms with E-state index < -0.39 is 0 Å². The van der Waals surface area contributed by atoms with E-state index in [2.05, 4.69) is 44.7 Å². The molecule has 6 nitrogen and oxygen atoms in total. The number of hydrogen-bond donors (Lipinski definition) is 0. The van der Waals surface area contributed by atoms with E-state index in [4.69, 9.17) is 4.74 Å². The minimum Gasteiger partial charge on any atom is -0.372 e. The Bertz CT molecular complexity index is 845. The van der Waals surface area contributed by atoms with Crippen molar-refractivity contribution in [3.63, 3.8) is 0 Å². The van der Waals surface area contributed by atoms with Gasteiger partial charge in [0, 0.05) is 24.7 Å². The van der Waals surface area contributed by atoms with Crippen LogP contribution < -0.4 is 4.90 Å². The first kappa shape index (κ1) is 14.8. The molecule has 1 saturated heterocycles. The first-order valence-corrected chi connectivity index (χ1v) is 8.09. The van der Waals surface area contributed by atoms with E-state index in [0.717, 1.165) is 36.6 Å². The normalized spacial score (nSPS) is 17.5. The van der Waals surface area contributed by atoms with Crippen LogP contribution >= 0.6 is 0 Å². The number of rotatable bonds is 5. The molecule has 0 aliphatic carbocycles. The maximum Gasteiger partial charge on any atom is 0.254 e. The number of hydrogen-bond acceptors (Lipinski definition) is 5. The van der Waals surface area contributed by atoms with Crippen molar-refractivity contribution >= 4 is 11.6 Å². The second kappa shape index (κ2) is 6.41. The van der Waals surface area contributed by atoms with Gasteiger partial charge in [-0.2, -0.15) is 14.6 Å². The summed E-state index contributed by atoms with van der Waals surface area (Å²) in [7, 11) is 0. The van der Waals surface area contributed by atoms with E-state index in [9.17, 15) is 0 Å². The Labute approximate surface area is 140 Å². The average molecular weight is 321 g/mol. The molecule has 0 amide bonds. The quantitative estimate of drug-likeness (QED) is 0.676. The molecule has 0 radical (unpaired) electrons. The Morgan fingerprint density at radius 2 is 2.17 bits per heavy atom. The molecule has 1 fully saturated rings. The fourth-order valence-corrected chi connectivity index (χ4v) is 3.06. The lowest BCUT2D eigenvalue weighted by atomic mass is 10.1. The molecule has 24 heavy (non-hydrogen) atoms. The van der Waals surface area contributed by atoms with Crippen molar-refractivity contribution in [2.45, 2.75) is 12.5 Å². The van der Waals surface area contributed by atoms with Crippen molar-refractivity contribution < 1.29 is 4.74 Å². The number of fused-ring (bicyclic) bond motifs is 1. The molecule has 0 N–H and O–H groups in total. The van der Waals surface area contributed by atoms with Crippen LogP contribution in [0.4, 0.5) is 5.82 Å². The zero-order valence-corrected chi connectivity index (χ0v) is 13.4. The number of aromatic nitrogens is 4. The Balaban J connectivity index is 1.70. The molecule has 6 heteroatoms. The lowest BCUT2D eigenvalue weighted by Crippen LogP contribution is -2.25. The van der Waals surface area contributed by atoms with Gasteiger partial charge in [-0.25, -0.2) is 4.98 Å². The van der Waals surface area contributed by atoms with Gasteiger partial charge in [0.2, 0.25) is 0 Å². The molecular weight excluding hydrogens is 302 g/mol. The molecule has 3 aromatic rings. The molecule has 1 aromatic carbocycles. The second-order valence-corrected chi connectivity index (χ2v) is 5.82. The van der Waals surface area contributed by atoms with Crippen LogP contribution in [-0.2, 0) is 4.74 Å². The van der Waals surface area contributed by atoms with Gasteiger partial charge < -0.3 is 9.64 Å². The summed E-state index contributed by atoms with van der Waals surface area (Å²) in [5, 5.41) is 4.33. The van der Waals surface area contributed by atoms with Crippen LogP contribution in [0.1, 0.15) is 6.42 Å². The average Bonchev–Trinajstić information content (AvgIpc) is 3.29. The molecule has 2 aromatic heterocycles. The first-order chi connectivity index (χ1) is 11.8. The highest BCUT2D eigenvalue weighted by molar-refractivity contribution is 5.65. The maximum absolute atomic E-state index is 5.79.